The lowest BCUT2D eigenvalue weighted by molar-refractivity contribution is 0.281. The summed E-state index contributed by atoms with van der Waals surface area (Å²) in [6.07, 6.45) is 1.69. The second-order valence-corrected chi connectivity index (χ2v) is 3.66. The number of rotatable bonds is 1. The van der Waals surface area contributed by atoms with Gasteiger partial charge in [0.1, 0.15) is 0 Å². The SMILES string of the molecule is OCc1cnc2cccc(Br)c2c1. The number of aliphatic hydroxyl groups excluding tert-OH is 1. The molecule has 0 aliphatic rings. The lowest BCUT2D eigenvalue weighted by Crippen LogP contribution is -1.86. The Kier molecular flexibility index (Phi) is 2.29. The van der Waals surface area contributed by atoms with Crippen LogP contribution in [-0.4, -0.2) is 10.1 Å². The van der Waals surface area contributed by atoms with Crippen LogP contribution in [0.4, 0.5) is 0 Å². The first-order valence-corrected chi connectivity index (χ1v) is 4.74. The Morgan fingerprint density at radius 1 is 1.38 bits per heavy atom. The number of aromatic nitrogens is 1. The molecule has 2 aromatic rings. The van der Waals surface area contributed by atoms with Crippen LogP contribution in [0, 0.1) is 0 Å². The maximum Gasteiger partial charge on any atom is 0.0713 e. The molecule has 0 amide bonds. The lowest BCUT2D eigenvalue weighted by Gasteiger charge is -2.01. The molecule has 13 heavy (non-hydrogen) atoms. The van der Waals surface area contributed by atoms with Crippen LogP contribution in [0.15, 0.2) is 34.9 Å². The zero-order chi connectivity index (χ0) is 9.26. The molecule has 1 heterocycles. The van der Waals surface area contributed by atoms with Crippen molar-refractivity contribution >= 4 is 26.8 Å². The van der Waals surface area contributed by atoms with Crippen molar-refractivity contribution < 1.29 is 5.11 Å². The van der Waals surface area contributed by atoms with Gasteiger partial charge < -0.3 is 5.11 Å². The fourth-order valence-electron chi connectivity index (χ4n) is 1.24. The van der Waals surface area contributed by atoms with Crippen LogP contribution in [0.25, 0.3) is 10.9 Å². The van der Waals surface area contributed by atoms with Crippen molar-refractivity contribution in [3.8, 4) is 0 Å². The highest BCUT2D eigenvalue weighted by atomic mass is 79.9. The van der Waals surface area contributed by atoms with E-state index in [-0.39, 0.29) is 6.61 Å². The highest BCUT2D eigenvalue weighted by Crippen LogP contribution is 2.22. The van der Waals surface area contributed by atoms with E-state index in [4.69, 9.17) is 5.11 Å². The largest absolute Gasteiger partial charge is 0.392 e. The van der Waals surface area contributed by atoms with E-state index in [0.29, 0.717) is 0 Å². The molecule has 1 aromatic heterocycles. The minimum absolute atomic E-state index is 0.0320. The van der Waals surface area contributed by atoms with Gasteiger partial charge in [0.2, 0.25) is 0 Å². The Balaban J connectivity index is 2.74. The molecule has 1 aromatic carbocycles. The Morgan fingerprint density at radius 3 is 3.00 bits per heavy atom. The molecule has 2 rings (SSSR count). The van der Waals surface area contributed by atoms with Gasteiger partial charge in [-0.05, 0) is 23.8 Å². The molecule has 1 N–H and O–H groups in total. The van der Waals surface area contributed by atoms with Crippen LogP contribution in [0.2, 0.25) is 0 Å². The van der Waals surface area contributed by atoms with Crippen LogP contribution in [0.3, 0.4) is 0 Å². The molecule has 0 unspecified atom stereocenters. The van der Waals surface area contributed by atoms with Gasteiger partial charge in [0.25, 0.3) is 0 Å². The maximum absolute atomic E-state index is 8.93. The molecule has 0 radical (unpaired) electrons. The van der Waals surface area contributed by atoms with Crippen molar-refractivity contribution in [3.05, 3.63) is 40.5 Å². The summed E-state index contributed by atoms with van der Waals surface area (Å²) < 4.78 is 1.01. The molecule has 2 nitrogen and oxygen atoms in total. The van der Waals surface area contributed by atoms with Crippen molar-refractivity contribution in [2.24, 2.45) is 0 Å². The number of benzene rings is 1. The predicted octanol–water partition coefficient (Wildman–Crippen LogP) is 2.49. The fraction of sp³-hybridized carbons (Fsp3) is 0.100. The molecule has 0 fully saturated rings. The summed E-state index contributed by atoms with van der Waals surface area (Å²) >= 11 is 3.44. The molecule has 0 saturated heterocycles. The molecule has 66 valence electrons. The van der Waals surface area contributed by atoms with Crippen molar-refractivity contribution in [1.82, 2.24) is 4.98 Å². The lowest BCUT2D eigenvalue weighted by atomic mass is 10.2. The van der Waals surface area contributed by atoms with E-state index in [1.54, 1.807) is 6.20 Å². The summed E-state index contributed by atoms with van der Waals surface area (Å²) in [5.41, 5.74) is 1.77. The van der Waals surface area contributed by atoms with Gasteiger partial charge >= 0.3 is 0 Å². The number of fused-ring (bicyclic) bond motifs is 1. The minimum atomic E-state index is 0.0320. The molecule has 0 atom stereocenters. The van der Waals surface area contributed by atoms with Crippen molar-refractivity contribution in [1.29, 1.82) is 0 Å². The van der Waals surface area contributed by atoms with E-state index in [1.807, 2.05) is 24.3 Å². The summed E-state index contributed by atoms with van der Waals surface area (Å²) in [6.45, 7) is 0.0320. The van der Waals surface area contributed by atoms with Gasteiger partial charge in [0, 0.05) is 16.1 Å². The normalized spacial score (nSPS) is 10.6. The van der Waals surface area contributed by atoms with Crippen LogP contribution < -0.4 is 0 Å². The number of hydrogen-bond donors (Lipinski definition) is 1. The summed E-state index contributed by atoms with van der Waals surface area (Å²) in [4.78, 5) is 4.22. The van der Waals surface area contributed by atoms with E-state index in [2.05, 4.69) is 20.9 Å². The molecule has 0 aliphatic heterocycles. The number of aliphatic hydroxyl groups is 1. The summed E-state index contributed by atoms with van der Waals surface area (Å²) in [6, 6.07) is 7.79. The van der Waals surface area contributed by atoms with Gasteiger partial charge in [-0.3, -0.25) is 4.98 Å². The third-order valence-corrected chi connectivity index (χ3v) is 2.60. The third-order valence-electron chi connectivity index (χ3n) is 1.91. The van der Waals surface area contributed by atoms with E-state index in [0.717, 1.165) is 20.9 Å². The molecular formula is C10H8BrNO. The van der Waals surface area contributed by atoms with E-state index < -0.39 is 0 Å². The van der Waals surface area contributed by atoms with E-state index in [9.17, 15) is 0 Å². The second kappa shape index (κ2) is 3.44. The third kappa shape index (κ3) is 1.57. The predicted molar refractivity (Wildman–Crippen MR) is 55.4 cm³/mol. The van der Waals surface area contributed by atoms with Crippen LogP contribution in [0.1, 0.15) is 5.56 Å². The number of hydrogen-bond acceptors (Lipinski definition) is 2. The fourth-order valence-corrected chi connectivity index (χ4v) is 1.71. The topological polar surface area (TPSA) is 33.1 Å². The number of nitrogens with zero attached hydrogens (tertiary/aromatic N) is 1. The quantitative estimate of drug-likeness (QED) is 0.827. The zero-order valence-corrected chi connectivity index (χ0v) is 8.45. The number of pyridine rings is 1. The van der Waals surface area contributed by atoms with E-state index in [1.165, 1.54) is 0 Å². The maximum atomic E-state index is 8.93. The van der Waals surface area contributed by atoms with Crippen molar-refractivity contribution in [3.63, 3.8) is 0 Å². The monoisotopic (exact) mass is 237 g/mol. The molecule has 0 bridgehead atoms. The van der Waals surface area contributed by atoms with Crippen LogP contribution in [-0.2, 0) is 6.61 Å². The average molecular weight is 238 g/mol. The minimum Gasteiger partial charge on any atom is -0.392 e. The smallest absolute Gasteiger partial charge is 0.0713 e. The first kappa shape index (κ1) is 8.66. The summed E-state index contributed by atoms with van der Waals surface area (Å²) in [5, 5.41) is 9.97. The Bertz CT molecular complexity index is 442. The Hall–Kier alpha value is -0.930. The Labute approximate surface area is 84.4 Å². The Morgan fingerprint density at radius 2 is 2.23 bits per heavy atom. The van der Waals surface area contributed by atoms with Gasteiger partial charge in [0.15, 0.2) is 0 Å². The van der Waals surface area contributed by atoms with Gasteiger partial charge in [-0.25, -0.2) is 0 Å². The van der Waals surface area contributed by atoms with Gasteiger partial charge in [-0.15, -0.1) is 0 Å². The van der Waals surface area contributed by atoms with Crippen LogP contribution >= 0.6 is 15.9 Å². The molecule has 0 aliphatic carbocycles. The summed E-state index contributed by atoms with van der Waals surface area (Å²) in [5.74, 6) is 0. The number of halogens is 1. The van der Waals surface area contributed by atoms with Crippen LogP contribution in [0.5, 0.6) is 0 Å². The first-order chi connectivity index (χ1) is 6.31. The first-order valence-electron chi connectivity index (χ1n) is 3.95. The average Bonchev–Trinajstić information content (AvgIpc) is 2.18. The summed E-state index contributed by atoms with van der Waals surface area (Å²) in [7, 11) is 0. The highest BCUT2D eigenvalue weighted by molar-refractivity contribution is 9.10. The molecular weight excluding hydrogens is 230 g/mol. The molecule has 3 heteroatoms. The van der Waals surface area contributed by atoms with Gasteiger partial charge in [-0.1, -0.05) is 22.0 Å². The standard InChI is InChI=1S/C10H8BrNO/c11-9-2-1-3-10-8(9)4-7(6-13)5-12-10/h1-5,13H,6H2. The van der Waals surface area contributed by atoms with Gasteiger partial charge in [0.05, 0.1) is 12.1 Å². The zero-order valence-electron chi connectivity index (χ0n) is 6.87. The van der Waals surface area contributed by atoms with Crippen molar-refractivity contribution in [2.75, 3.05) is 0 Å². The van der Waals surface area contributed by atoms with E-state index >= 15 is 0 Å². The van der Waals surface area contributed by atoms with Crippen molar-refractivity contribution in [2.45, 2.75) is 6.61 Å². The highest BCUT2D eigenvalue weighted by Gasteiger charge is 1.99. The molecule has 0 saturated carbocycles. The second-order valence-electron chi connectivity index (χ2n) is 2.81. The van der Waals surface area contributed by atoms with Gasteiger partial charge in [-0.2, -0.15) is 0 Å². The molecule has 0 spiro atoms.